The zero-order valence-corrected chi connectivity index (χ0v) is 19.1. The number of carbonyl (C=O) groups excluding carboxylic acids is 2. The molecule has 2 aromatic heterocycles. The van der Waals surface area contributed by atoms with Crippen LogP contribution in [0.3, 0.4) is 0 Å². The number of amides is 2. The van der Waals surface area contributed by atoms with Gasteiger partial charge in [-0.05, 0) is 37.6 Å². The maximum atomic E-state index is 13.0. The van der Waals surface area contributed by atoms with Crippen molar-refractivity contribution in [2.45, 2.75) is 26.3 Å². The van der Waals surface area contributed by atoms with E-state index in [-0.39, 0.29) is 30.2 Å². The van der Waals surface area contributed by atoms with Crippen LogP contribution < -0.4 is 4.90 Å². The lowest BCUT2D eigenvalue weighted by Crippen LogP contribution is -2.53. The first-order chi connectivity index (χ1) is 16.1. The average Bonchev–Trinajstić information content (AvgIpc) is 3.42. The van der Waals surface area contributed by atoms with Gasteiger partial charge in [-0.3, -0.25) is 9.59 Å². The summed E-state index contributed by atoms with van der Waals surface area (Å²) in [6.45, 7) is 6.47. The topological polar surface area (TPSA) is 82.8 Å². The summed E-state index contributed by atoms with van der Waals surface area (Å²) in [6.07, 6.45) is 2.23. The Kier molecular flexibility index (Phi) is 7.02. The number of aromatic nitrogens is 2. The van der Waals surface area contributed by atoms with Crippen LogP contribution in [0, 0.1) is 0 Å². The Morgan fingerprint density at radius 2 is 1.76 bits per heavy atom. The molecule has 1 aliphatic heterocycles. The van der Waals surface area contributed by atoms with Crippen molar-refractivity contribution in [2.75, 3.05) is 37.6 Å². The number of rotatable bonds is 7. The largest absolute Gasteiger partial charge is 0.459 e. The Bertz CT molecular complexity index is 1050. The van der Waals surface area contributed by atoms with E-state index in [0.717, 1.165) is 23.5 Å². The van der Waals surface area contributed by atoms with Crippen molar-refractivity contribution in [3.63, 3.8) is 0 Å². The molecule has 4 rings (SSSR count). The first-order valence-corrected chi connectivity index (χ1v) is 11.3. The van der Waals surface area contributed by atoms with Crippen LogP contribution in [-0.4, -0.2) is 70.6 Å². The summed E-state index contributed by atoms with van der Waals surface area (Å²) in [5, 5.41) is 8.76. The molecule has 172 valence electrons. The maximum Gasteiger partial charge on any atom is 0.290 e. The van der Waals surface area contributed by atoms with E-state index in [9.17, 15) is 9.59 Å². The van der Waals surface area contributed by atoms with Gasteiger partial charge >= 0.3 is 0 Å². The highest BCUT2D eigenvalue weighted by molar-refractivity contribution is 5.94. The lowest BCUT2D eigenvalue weighted by atomic mass is 10.1. The second-order valence-corrected chi connectivity index (χ2v) is 8.18. The predicted molar refractivity (Wildman–Crippen MR) is 126 cm³/mol. The van der Waals surface area contributed by atoms with Crippen LogP contribution in [0.1, 0.15) is 30.8 Å². The molecule has 0 N–H and O–H groups in total. The summed E-state index contributed by atoms with van der Waals surface area (Å²) < 4.78 is 5.26. The van der Waals surface area contributed by atoms with Gasteiger partial charge in [-0.1, -0.05) is 37.3 Å². The van der Waals surface area contributed by atoms with E-state index in [4.69, 9.17) is 4.42 Å². The highest BCUT2D eigenvalue weighted by Gasteiger charge is 2.29. The Morgan fingerprint density at radius 1 is 1.00 bits per heavy atom. The number of nitrogens with zero attached hydrogens (tertiary/aromatic N) is 5. The minimum absolute atomic E-state index is 0.0418. The van der Waals surface area contributed by atoms with Crippen molar-refractivity contribution < 1.29 is 14.0 Å². The van der Waals surface area contributed by atoms with Gasteiger partial charge in [0.1, 0.15) is 6.54 Å². The molecule has 8 heteroatoms. The molecule has 33 heavy (non-hydrogen) atoms. The molecular formula is C25H29N5O3. The SMILES string of the molecule is CC[C@@H](C)N(CC(=O)N1CCN(c2ccc(-c3ccccc3)nn2)CC1)C(=O)c1ccco1. The smallest absolute Gasteiger partial charge is 0.290 e. The third-order valence-electron chi connectivity index (χ3n) is 6.10. The van der Waals surface area contributed by atoms with Crippen LogP contribution in [0.25, 0.3) is 11.3 Å². The van der Waals surface area contributed by atoms with E-state index in [2.05, 4.69) is 15.1 Å². The number of hydrogen-bond acceptors (Lipinski definition) is 6. The molecule has 1 saturated heterocycles. The normalized spacial score (nSPS) is 14.7. The van der Waals surface area contributed by atoms with Gasteiger partial charge < -0.3 is 19.1 Å². The van der Waals surface area contributed by atoms with E-state index in [1.54, 1.807) is 17.0 Å². The first-order valence-electron chi connectivity index (χ1n) is 11.3. The molecule has 0 aliphatic carbocycles. The van der Waals surface area contributed by atoms with Gasteiger partial charge in [0.05, 0.1) is 12.0 Å². The summed E-state index contributed by atoms with van der Waals surface area (Å²) in [5.74, 6) is 0.747. The Morgan fingerprint density at radius 3 is 2.36 bits per heavy atom. The van der Waals surface area contributed by atoms with Gasteiger partial charge in [-0.2, -0.15) is 0 Å². The molecule has 0 bridgehead atoms. The zero-order chi connectivity index (χ0) is 23.2. The summed E-state index contributed by atoms with van der Waals surface area (Å²) in [4.78, 5) is 31.4. The predicted octanol–water partition coefficient (Wildman–Crippen LogP) is 3.33. The van der Waals surface area contributed by atoms with E-state index in [0.29, 0.717) is 26.2 Å². The quantitative estimate of drug-likeness (QED) is 0.553. The number of anilines is 1. The van der Waals surface area contributed by atoms with Gasteiger partial charge in [-0.25, -0.2) is 0 Å². The molecule has 0 saturated carbocycles. The number of piperazine rings is 1. The number of benzene rings is 1. The summed E-state index contributed by atoms with van der Waals surface area (Å²) in [7, 11) is 0. The summed E-state index contributed by atoms with van der Waals surface area (Å²) in [6, 6.07) is 17.1. The fourth-order valence-corrected chi connectivity index (χ4v) is 3.88. The van der Waals surface area contributed by atoms with Gasteiger partial charge in [0, 0.05) is 37.8 Å². The van der Waals surface area contributed by atoms with Crippen molar-refractivity contribution in [2.24, 2.45) is 0 Å². The number of carbonyl (C=O) groups is 2. The molecule has 1 atom stereocenters. The van der Waals surface area contributed by atoms with Crippen molar-refractivity contribution in [1.29, 1.82) is 0 Å². The van der Waals surface area contributed by atoms with E-state index in [1.807, 2.05) is 61.2 Å². The lowest BCUT2D eigenvalue weighted by Gasteiger charge is -2.37. The minimum Gasteiger partial charge on any atom is -0.459 e. The molecule has 3 aromatic rings. The Labute approximate surface area is 193 Å². The average molecular weight is 448 g/mol. The van der Waals surface area contributed by atoms with Gasteiger partial charge in [-0.15, -0.1) is 10.2 Å². The third kappa shape index (κ3) is 5.22. The van der Waals surface area contributed by atoms with Gasteiger partial charge in [0.2, 0.25) is 5.91 Å². The number of furan rings is 1. The van der Waals surface area contributed by atoms with E-state index in [1.165, 1.54) is 6.26 Å². The maximum absolute atomic E-state index is 13.0. The zero-order valence-electron chi connectivity index (χ0n) is 19.1. The molecule has 1 fully saturated rings. The van der Waals surface area contributed by atoms with Crippen LogP contribution in [0.2, 0.25) is 0 Å². The minimum atomic E-state index is -0.255. The van der Waals surface area contributed by atoms with E-state index < -0.39 is 0 Å². The second kappa shape index (κ2) is 10.3. The Hall–Kier alpha value is -3.68. The van der Waals surface area contributed by atoms with Crippen molar-refractivity contribution in [1.82, 2.24) is 20.0 Å². The fourth-order valence-electron chi connectivity index (χ4n) is 3.88. The van der Waals surface area contributed by atoms with Crippen LogP contribution >= 0.6 is 0 Å². The van der Waals surface area contributed by atoms with Crippen molar-refractivity contribution >= 4 is 17.6 Å². The highest BCUT2D eigenvalue weighted by atomic mass is 16.3. The van der Waals surface area contributed by atoms with Gasteiger partial charge in [0.15, 0.2) is 11.6 Å². The molecule has 2 amide bonds. The van der Waals surface area contributed by atoms with Crippen molar-refractivity contribution in [3.8, 4) is 11.3 Å². The highest BCUT2D eigenvalue weighted by Crippen LogP contribution is 2.19. The number of hydrogen-bond donors (Lipinski definition) is 0. The third-order valence-corrected chi connectivity index (χ3v) is 6.10. The monoisotopic (exact) mass is 447 g/mol. The van der Waals surface area contributed by atoms with Crippen LogP contribution in [0.15, 0.2) is 65.3 Å². The molecule has 1 aliphatic rings. The second-order valence-electron chi connectivity index (χ2n) is 8.18. The Balaban J connectivity index is 1.35. The summed E-state index contributed by atoms with van der Waals surface area (Å²) >= 11 is 0. The fraction of sp³-hybridized carbons (Fsp3) is 0.360. The summed E-state index contributed by atoms with van der Waals surface area (Å²) in [5.41, 5.74) is 1.86. The molecule has 1 aromatic carbocycles. The molecule has 0 unspecified atom stereocenters. The van der Waals surface area contributed by atoms with Crippen LogP contribution in [-0.2, 0) is 4.79 Å². The molecule has 3 heterocycles. The van der Waals surface area contributed by atoms with Crippen LogP contribution in [0.5, 0.6) is 0 Å². The standard InChI is InChI=1S/C25H29N5O3/c1-3-19(2)30(25(32)22-10-7-17-33-22)18-24(31)29-15-13-28(14-16-29)23-12-11-21(26-27-23)20-8-5-4-6-9-20/h4-12,17,19H,3,13-16,18H2,1-2H3/t19-/m1/s1. The molecule has 0 radical (unpaired) electrons. The molecular weight excluding hydrogens is 418 g/mol. The molecule has 0 spiro atoms. The first kappa shape index (κ1) is 22.5. The van der Waals surface area contributed by atoms with Crippen molar-refractivity contribution in [3.05, 3.63) is 66.6 Å². The van der Waals surface area contributed by atoms with E-state index >= 15 is 0 Å². The molecule has 8 nitrogen and oxygen atoms in total. The van der Waals surface area contributed by atoms with Gasteiger partial charge in [0.25, 0.3) is 5.91 Å². The lowest BCUT2D eigenvalue weighted by molar-refractivity contribution is -0.132. The van der Waals surface area contributed by atoms with Crippen LogP contribution in [0.4, 0.5) is 5.82 Å².